The van der Waals surface area contributed by atoms with Crippen molar-refractivity contribution >= 4 is 43.6 Å². The van der Waals surface area contributed by atoms with Crippen LogP contribution in [0.5, 0.6) is 17.2 Å². The van der Waals surface area contributed by atoms with E-state index in [1.807, 2.05) is 6.07 Å². The lowest BCUT2D eigenvalue weighted by atomic mass is 9.93. The summed E-state index contributed by atoms with van der Waals surface area (Å²) in [7, 11) is 1.61. The largest absolute Gasteiger partial charge is 0.496 e. The van der Waals surface area contributed by atoms with Crippen molar-refractivity contribution < 1.29 is 24.2 Å². The van der Waals surface area contributed by atoms with Crippen LogP contribution in [0.4, 0.5) is 0 Å². The minimum atomic E-state index is -0.908. The number of carboxylic acid groups (broad SMARTS) is 1. The van der Waals surface area contributed by atoms with Crippen LogP contribution in [-0.4, -0.2) is 24.0 Å². The van der Waals surface area contributed by atoms with Crippen LogP contribution in [0, 0.1) is 5.92 Å². The highest BCUT2D eigenvalue weighted by atomic mass is 79.9. The van der Waals surface area contributed by atoms with Crippen molar-refractivity contribution in [1.82, 2.24) is 0 Å². The molecule has 0 aromatic heterocycles. The van der Waals surface area contributed by atoms with E-state index in [0.717, 1.165) is 18.4 Å². The summed E-state index contributed by atoms with van der Waals surface area (Å²) in [6.07, 6.45) is 4.94. The van der Waals surface area contributed by atoms with Crippen molar-refractivity contribution in [3.63, 3.8) is 0 Å². The zero-order valence-electron chi connectivity index (χ0n) is 18.5. The van der Waals surface area contributed by atoms with Gasteiger partial charge >= 0.3 is 5.97 Å². The van der Waals surface area contributed by atoms with Gasteiger partial charge in [-0.3, -0.25) is 9.59 Å². The molecular formula is C25H28Br2O5. The molecule has 3 rings (SSSR count). The van der Waals surface area contributed by atoms with E-state index in [4.69, 9.17) is 14.6 Å². The van der Waals surface area contributed by atoms with Gasteiger partial charge in [-0.1, -0.05) is 39.5 Å². The number of benzene rings is 2. The molecule has 7 heteroatoms. The Morgan fingerprint density at radius 1 is 1.06 bits per heavy atom. The number of methoxy groups -OCH3 is 1. The molecule has 0 radical (unpaired) electrons. The van der Waals surface area contributed by atoms with E-state index < -0.39 is 5.97 Å². The zero-order chi connectivity index (χ0) is 23.4. The Kier molecular flexibility index (Phi) is 8.39. The average Bonchev–Trinajstić information content (AvgIpc) is 3.22. The van der Waals surface area contributed by atoms with Crippen LogP contribution in [0.15, 0.2) is 33.2 Å². The number of rotatable bonds is 9. The molecule has 1 aliphatic rings. The highest BCUT2D eigenvalue weighted by Crippen LogP contribution is 2.42. The van der Waals surface area contributed by atoms with Gasteiger partial charge in [0.15, 0.2) is 11.5 Å². The standard InChI is InChI=1S/C25H28Br2O5/c1-14(2)17-12-23(32-25-19(26)8-16(9-20(25)27)11-24(29)30)18(13-22(17)31-3)21(28)10-15-6-4-5-7-15/h8-9,12-15H,4-7,10-11H2,1-3H3,(H,29,30). The maximum atomic E-state index is 13.3. The van der Waals surface area contributed by atoms with Gasteiger partial charge in [0.2, 0.25) is 0 Å². The Balaban J connectivity index is 2.02. The third-order valence-electron chi connectivity index (χ3n) is 5.83. The maximum Gasteiger partial charge on any atom is 0.307 e. The highest BCUT2D eigenvalue weighted by Gasteiger charge is 2.25. The predicted molar refractivity (Wildman–Crippen MR) is 131 cm³/mol. The second-order valence-corrected chi connectivity index (χ2v) is 10.3. The smallest absolute Gasteiger partial charge is 0.307 e. The summed E-state index contributed by atoms with van der Waals surface area (Å²) >= 11 is 6.99. The molecule has 1 saturated carbocycles. The number of carbonyl (C=O) groups excluding carboxylic acids is 1. The van der Waals surface area contributed by atoms with Gasteiger partial charge in [0.05, 0.1) is 28.0 Å². The summed E-state index contributed by atoms with van der Waals surface area (Å²) in [5, 5.41) is 9.09. The second kappa shape index (κ2) is 10.8. The lowest BCUT2D eigenvalue weighted by molar-refractivity contribution is -0.136. The summed E-state index contributed by atoms with van der Waals surface area (Å²) in [6.45, 7) is 4.13. The molecule has 1 aliphatic carbocycles. The molecule has 2 aromatic rings. The van der Waals surface area contributed by atoms with E-state index in [9.17, 15) is 9.59 Å². The molecule has 2 aromatic carbocycles. The first kappa shape index (κ1) is 24.8. The molecular weight excluding hydrogens is 540 g/mol. The fourth-order valence-corrected chi connectivity index (χ4v) is 5.63. The van der Waals surface area contributed by atoms with E-state index in [1.54, 1.807) is 25.3 Å². The first-order chi connectivity index (χ1) is 15.2. The lowest BCUT2D eigenvalue weighted by Gasteiger charge is -2.19. The third kappa shape index (κ3) is 5.93. The number of ether oxygens (including phenoxy) is 2. The molecule has 0 spiro atoms. The molecule has 0 atom stereocenters. The summed E-state index contributed by atoms with van der Waals surface area (Å²) in [5.41, 5.74) is 2.10. The summed E-state index contributed by atoms with van der Waals surface area (Å²) in [6, 6.07) is 7.13. The number of hydrogen-bond acceptors (Lipinski definition) is 4. The number of carboxylic acids is 1. The maximum absolute atomic E-state index is 13.3. The Morgan fingerprint density at radius 3 is 2.22 bits per heavy atom. The van der Waals surface area contributed by atoms with E-state index in [1.165, 1.54) is 12.8 Å². The number of halogens is 2. The van der Waals surface area contributed by atoms with Gasteiger partial charge in [-0.05, 0) is 73.5 Å². The van der Waals surface area contributed by atoms with Crippen LogP contribution in [0.2, 0.25) is 0 Å². The number of aliphatic carboxylic acids is 1. The van der Waals surface area contributed by atoms with E-state index in [2.05, 4.69) is 45.7 Å². The third-order valence-corrected chi connectivity index (χ3v) is 7.01. The van der Waals surface area contributed by atoms with Crippen LogP contribution in [0.3, 0.4) is 0 Å². The Bertz CT molecular complexity index is 987. The Hall–Kier alpha value is -1.86. The van der Waals surface area contributed by atoms with Crippen LogP contribution < -0.4 is 9.47 Å². The van der Waals surface area contributed by atoms with Crippen molar-refractivity contribution in [3.8, 4) is 17.2 Å². The zero-order valence-corrected chi connectivity index (χ0v) is 21.7. The van der Waals surface area contributed by atoms with Crippen LogP contribution in [0.1, 0.15) is 73.4 Å². The normalized spacial score (nSPS) is 14.1. The van der Waals surface area contributed by atoms with E-state index >= 15 is 0 Å². The van der Waals surface area contributed by atoms with Crippen molar-refractivity contribution in [2.24, 2.45) is 5.92 Å². The van der Waals surface area contributed by atoms with Gasteiger partial charge in [-0.25, -0.2) is 0 Å². The number of carbonyl (C=O) groups is 2. The summed E-state index contributed by atoms with van der Waals surface area (Å²) < 4.78 is 13.1. The lowest BCUT2D eigenvalue weighted by Crippen LogP contribution is -2.09. The summed E-state index contributed by atoms with van der Waals surface area (Å²) in [5.74, 6) is 1.39. The molecule has 0 saturated heterocycles. The first-order valence-corrected chi connectivity index (χ1v) is 12.4. The quantitative estimate of drug-likeness (QED) is 0.317. The molecule has 0 aliphatic heterocycles. The fourth-order valence-electron chi connectivity index (χ4n) is 4.19. The fraction of sp³-hybridized carbons (Fsp3) is 0.440. The van der Waals surface area contributed by atoms with Crippen LogP contribution >= 0.6 is 31.9 Å². The molecule has 1 N–H and O–H groups in total. The van der Waals surface area contributed by atoms with Crippen molar-refractivity contribution in [2.75, 3.05) is 7.11 Å². The van der Waals surface area contributed by atoms with Crippen molar-refractivity contribution in [2.45, 2.75) is 58.3 Å². The minimum absolute atomic E-state index is 0.0512. The van der Waals surface area contributed by atoms with Gasteiger partial charge in [-0.2, -0.15) is 0 Å². The van der Waals surface area contributed by atoms with Gasteiger partial charge in [-0.15, -0.1) is 0 Å². The molecule has 0 heterocycles. The highest BCUT2D eigenvalue weighted by molar-refractivity contribution is 9.11. The van der Waals surface area contributed by atoms with Gasteiger partial charge in [0.1, 0.15) is 11.5 Å². The molecule has 0 amide bonds. The monoisotopic (exact) mass is 566 g/mol. The van der Waals surface area contributed by atoms with Crippen LogP contribution in [0.25, 0.3) is 0 Å². The summed E-state index contributed by atoms with van der Waals surface area (Å²) in [4.78, 5) is 24.4. The predicted octanol–water partition coefficient (Wildman–Crippen LogP) is 7.53. The number of hydrogen-bond donors (Lipinski definition) is 1. The number of ketones is 1. The SMILES string of the molecule is COc1cc(C(=O)CC2CCCC2)c(Oc2c(Br)cc(CC(=O)O)cc2Br)cc1C(C)C. The molecule has 5 nitrogen and oxygen atoms in total. The topological polar surface area (TPSA) is 72.8 Å². The molecule has 0 unspecified atom stereocenters. The Morgan fingerprint density at radius 2 is 1.69 bits per heavy atom. The van der Waals surface area contributed by atoms with Crippen LogP contribution in [-0.2, 0) is 11.2 Å². The Labute approximate surface area is 205 Å². The van der Waals surface area contributed by atoms with E-state index in [-0.39, 0.29) is 18.1 Å². The first-order valence-electron chi connectivity index (χ1n) is 10.8. The molecule has 0 bridgehead atoms. The molecule has 172 valence electrons. The second-order valence-electron chi connectivity index (χ2n) is 8.58. The minimum Gasteiger partial charge on any atom is -0.496 e. The molecule has 32 heavy (non-hydrogen) atoms. The van der Waals surface area contributed by atoms with E-state index in [0.29, 0.717) is 49.7 Å². The average molecular weight is 568 g/mol. The van der Waals surface area contributed by atoms with Gasteiger partial charge < -0.3 is 14.6 Å². The molecule has 1 fully saturated rings. The van der Waals surface area contributed by atoms with Gasteiger partial charge in [0.25, 0.3) is 0 Å². The van der Waals surface area contributed by atoms with Crippen molar-refractivity contribution in [1.29, 1.82) is 0 Å². The number of Topliss-reactive ketones (excluding diaryl/α,β-unsaturated/α-hetero) is 1. The van der Waals surface area contributed by atoms with Crippen molar-refractivity contribution in [3.05, 3.63) is 49.9 Å². The van der Waals surface area contributed by atoms with Gasteiger partial charge in [0, 0.05) is 12.0 Å².